The van der Waals surface area contributed by atoms with E-state index < -0.39 is 16.8 Å². The Morgan fingerprint density at radius 2 is 1.61 bits per heavy atom. The summed E-state index contributed by atoms with van der Waals surface area (Å²) in [5.41, 5.74) is 2.62. The van der Waals surface area contributed by atoms with E-state index in [-0.39, 0.29) is 11.3 Å². The predicted octanol–water partition coefficient (Wildman–Crippen LogP) is 4.34. The van der Waals surface area contributed by atoms with Gasteiger partial charge in [-0.1, -0.05) is 30.0 Å². The fourth-order valence-electron chi connectivity index (χ4n) is 2.93. The number of carbonyl (C=O) groups is 2. The van der Waals surface area contributed by atoms with Crippen LogP contribution in [-0.2, 0) is 4.74 Å². The summed E-state index contributed by atoms with van der Waals surface area (Å²) < 4.78 is 4.71. The van der Waals surface area contributed by atoms with E-state index in [1.54, 1.807) is 48.5 Å². The third-order valence-corrected chi connectivity index (χ3v) is 4.50. The van der Waals surface area contributed by atoms with Crippen molar-refractivity contribution in [3.05, 3.63) is 105 Å². The summed E-state index contributed by atoms with van der Waals surface area (Å²) in [4.78, 5) is 34.8. The van der Waals surface area contributed by atoms with Gasteiger partial charge < -0.3 is 10.1 Å². The molecule has 0 unspecified atom stereocenters. The van der Waals surface area contributed by atoms with E-state index in [2.05, 4.69) is 17.2 Å². The van der Waals surface area contributed by atoms with Crippen LogP contribution >= 0.6 is 0 Å². The van der Waals surface area contributed by atoms with Gasteiger partial charge >= 0.3 is 5.97 Å². The Hall–Kier alpha value is -4.44. The second-order valence-electron chi connectivity index (χ2n) is 6.56. The molecule has 0 saturated carbocycles. The largest absolute Gasteiger partial charge is 0.465 e. The number of nitro benzene ring substituents is 1. The van der Waals surface area contributed by atoms with Crippen molar-refractivity contribution >= 4 is 23.3 Å². The number of anilines is 1. The molecule has 0 saturated heterocycles. The first-order valence-electron chi connectivity index (χ1n) is 9.25. The number of esters is 1. The highest BCUT2D eigenvalue weighted by Gasteiger charge is 2.18. The van der Waals surface area contributed by atoms with Crippen LogP contribution in [0.5, 0.6) is 0 Å². The maximum absolute atomic E-state index is 12.6. The molecule has 0 radical (unpaired) electrons. The Labute approximate surface area is 178 Å². The first-order chi connectivity index (χ1) is 14.9. The van der Waals surface area contributed by atoms with Crippen LogP contribution in [0.3, 0.4) is 0 Å². The SMILES string of the molecule is COC(=O)c1cccc(C#Cc2cccc(NC(=O)c3cccc([N+](=O)[O-])c3C)c2)c1. The molecule has 0 bridgehead atoms. The van der Waals surface area contributed by atoms with Gasteiger partial charge in [-0.2, -0.15) is 0 Å². The summed E-state index contributed by atoms with van der Waals surface area (Å²) in [6.07, 6.45) is 0. The van der Waals surface area contributed by atoms with Crippen molar-refractivity contribution in [3.8, 4) is 11.8 Å². The first kappa shape index (κ1) is 21.3. The minimum Gasteiger partial charge on any atom is -0.465 e. The Kier molecular flexibility index (Phi) is 6.43. The number of nitrogens with one attached hydrogen (secondary N) is 1. The van der Waals surface area contributed by atoms with Crippen LogP contribution in [0.2, 0.25) is 0 Å². The first-order valence-corrected chi connectivity index (χ1v) is 9.25. The minimum absolute atomic E-state index is 0.110. The highest BCUT2D eigenvalue weighted by Crippen LogP contribution is 2.22. The molecule has 0 aliphatic carbocycles. The Morgan fingerprint density at radius 3 is 2.29 bits per heavy atom. The number of nitrogens with zero attached hydrogens (tertiary/aromatic N) is 1. The molecule has 0 aromatic heterocycles. The number of hydrogen-bond acceptors (Lipinski definition) is 5. The quantitative estimate of drug-likeness (QED) is 0.296. The molecule has 1 amide bonds. The Bertz CT molecular complexity index is 1240. The summed E-state index contributed by atoms with van der Waals surface area (Å²) in [5.74, 6) is 5.08. The molecule has 0 spiro atoms. The zero-order valence-corrected chi connectivity index (χ0v) is 16.8. The Morgan fingerprint density at radius 1 is 0.968 bits per heavy atom. The van der Waals surface area contributed by atoms with Crippen LogP contribution in [0.15, 0.2) is 66.7 Å². The van der Waals surface area contributed by atoms with Crippen LogP contribution in [0.4, 0.5) is 11.4 Å². The molecule has 1 N–H and O–H groups in total. The second-order valence-corrected chi connectivity index (χ2v) is 6.56. The standard InChI is InChI=1S/C24H18N2O5/c1-16-21(10-5-11-22(16)26(29)30)23(27)25-20-9-4-7-18(15-20)13-12-17-6-3-8-19(14-17)24(28)31-2/h3-11,14-15H,1-2H3,(H,25,27). The van der Waals surface area contributed by atoms with Gasteiger partial charge in [0, 0.05) is 34.0 Å². The molecule has 0 atom stereocenters. The lowest BCUT2D eigenvalue weighted by Crippen LogP contribution is -2.14. The fourth-order valence-corrected chi connectivity index (χ4v) is 2.93. The summed E-state index contributed by atoms with van der Waals surface area (Å²) in [7, 11) is 1.32. The molecular formula is C24H18N2O5. The van der Waals surface area contributed by atoms with Crippen LogP contribution in [0, 0.1) is 28.9 Å². The van der Waals surface area contributed by atoms with Crippen molar-refractivity contribution in [2.45, 2.75) is 6.92 Å². The normalized spacial score (nSPS) is 9.87. The van der Waals surface area contributed by atoms with E-state index in [0.717, 1.165) is 0 Å². The molecule has 0 fully saturated rings. The lowest BCUT2D eigenvalue weighted by atomic mass is 10.1. The van der Waals surface area contributed by atoms with E-state index in [9.17, 15) is 19.7 Å². The van der Waals surface area contributed by atoms with Gasteiger partial charge in [0.15, 0.2) is 0 Å². The second kappa shape index (κ2) is 9.37. The van der Waals surface area contributed by atoms with Gasteiger partial charge in [0.1, 0.15) is 0 Å². The van der Waals surface area contributed by atoms with Crippen molar-refractivity contribution < 1.29 is 19.2 Å². The van der Waals surface area contributed by atoms with Gasteiger partial charge in [-0.25, -0.2) is 4.79 Å². The number of carbonyl (C=O) groups excluding carboxylic acids is 2. The molecule has 0 aliphatic heterocycles. The van der Waals surface area contributed by atoms with E-state index >= 15 is 0 Å². The molecule has 7 heteroatoms. The van der Waals surface area contributed by atoms with Crippen molar-refractivity contribution in [1.82, 2.24) is 0 Å². The van der Waals surface area contributed by atoms with Crippen molar-refractivity contribution in [1.29, 1.82) is 0 Å². The molecular weight excluding hydrogens is 396 g/mol. The smallest absolute Gasteiger partial charge is 0.337 e. The van der Waals surface area contributed by atoms with Crippen molar-refractivity contribution in [3.63, 3.8) is 0 Å². The minimum atomic E-state index is -0.516. The number of benzene rings is 3. The van der Waals surface area contributed by atoms with Gasteiger partial charge in [-0.05, 0) is 49.4 Å². The number of amides is 1. The molecule has 0 aliphatic rings. The fraction of sp³-hybridized carbons (Fsp3) is 0.0833. The zero-order chi connectivity index (χ0) is 22.4. The molecule has 7 nitrogen and oxygen atoms in total. The van der Waals surface area contributed by atoms with Crippen LogP contribution < -0.4 is 5.32 Å². The molecule has 3 aromatic carbocycles. The number of methoxy groups -OCH3 is 1. The maximum atomic E-state index is 12.6. The summed E-state index contributed by atoms with van der Waals surface area (Å²) in [6.45, 7) is 1.54. The van der Waals surface area contributed by atoms with E-state index in [1.165, 1.54) is 32.2 Å². The number of rotatable bonds is 4. The highest BCUT2D eigenvalue weighted by molar-refractivity contribution is 6.05. The predicted molar refractivity (Wildman–Crippen MR) is 116 cm³/mol. The van der Waals surface area contributed by atoms with Crippen molar-refractivity contribution in [2.24, 2.45) is 0 Å². The topological polar surface area (TPSA) is 98.5 Å². The molecule has 31 heavy (non-hydrogen) atoms. The van der Waals surface area contributed by atoms with Crippen LogP contribution in [0.1, 0.15) is 37.4 Å². The lowest BCUT2D eigenvalue weighted by molar-refractivity contribution is -0.385. The maximum Gasteiger partial charge on any atom is 0.337 e. The summed E-state index contributed by atoms with van der Waals surface area (Å²) in [5, 5.41) is 13.8. The third kappa shape index (κ3) is 5.14. The lowest BCUT2D eigenvalue weighted by Gasteiger charge is -2.08. The highest BCUT2D eigenvalue weighted by atomic mass is 16.6. The molecule has 3 rings (SSSR count). The van der Waals surface area contributed by atoms with Crippen molar-refractivity contribution in [2.75, 3.05) is 12.4 Å². The van der Waals surface area contributed by atoms with Gasteiger partial charge in [0.25, 0.3) is 11.6 Å². The van der Waals surface area contributed by atoms with Gasteiger partial charge in [0.2, 0.25) is 0 Å². The third-order valence-electron chi connectivity index (χ3n) is 4.50. The summed E-state index contributed by atoms with van der Waals surface area (Å²) in [6, 6.07) is 18.1. The Balaban J connectivity index is 1.80. The number of hydrogen-bond donors (Lipinski definition) is 1. The van der Waals surface area contributed by atoms with E-state index in [1.807, 2.05) is 0 Å². The molecule has 154 valence electrons. The average molecular weight is 414 g/mol. The van der Waals surface area contributed by atoms with E-state index in [4.69, 9.17) is 4.74 Å². The molecule has 0 heterocycles. The number of ether oxygens (including phenoxy) is 1. The van der Waals surface area contributed by atoms with Crippen LogP contribution in [-0.4, -0.2) is 23.9 Å². The number of nitro groups is 1. The monoisotopic (exact) mass is 414 g/mol. The van der Waals surface area contributed by atoms with E-state index in [0.29, 0.717) is 27.9 Å². The van der Waals surface area contributed by atoms with Gasteiger partial charge in [-0.3, -0.25) is 14.9 Å². The average Bonchev–Trinajstić information content (AvgIpc) is 2.77. The zero-order valence-electron chi connectivity index (χ0n) is 16.8. The molecule has 3 aromatic rings. The summed E-state index contributed by atoms with van der Waals surface area (Å²) >= 11 is 0. The van der Waals surface area contributed by atoms with Gasteiger partial charge in [0.05, 0.1) is 17.6 Å². The van der Waals surface area contributed by atoms with Gasteiger partial charge in [-0.15, -0.1) is 0 Å². The van der Waals surface area contributed by atoms with Crippen LogP contribution in [0.25, 0.3) is 0 Å².